The summed E-state index contributed by atoms with van der Waals surface area (Å²) in [6, 6.07) is 8.12. The highest BCUT2D eigenvalue weighted by atomic mass is 32.1. The van der Waals surface area contributed by atoms with Crippen LogP contribution in [0.25, 0.3) is 0 Å². The number of anilines is 1. The number of ether oxygens (including phenoxy) is 1. The van der Waals surface area contributed by atoms with Crippen molar-refractivity contribution in [3.05, 3.63) is 40.2 Å². The fourth-order valence-corrected chi connectivity index (χ4v) is 3.96. The Hall–Kier alpha value is -1.92. The second-order valence-electron chi connectivity index (χ2n) is 6.89. The molecule has 0 N–H and O–H groups in total. The van der Waals surface area contributed by atoms with Gasteiger partial charge in [-0.3, -0.25) is 9.69 Å². The molecule has 1 aliphatic rings. The Labute approximate surface area is 159 Å². The van der Waals surface area contributed by atoms with Gasteiger partial charge in [-0.1, -0.05) is 20.8 Å². The lowest BCUT2D eigenvalue weighted by Crippen LogP contribution is -2.46. The van der Waals surface area contributed by atoms with E-state index in [9.17, 15) is 4.79 Å². The summed E-state index contributed by atoms with van der Waals surface area (Å²) in [5.41, 5.74) is 0. The smallest absolute Gasteiger partial charge is 0.313 e. The first-order valence-electron chi connectivity index (χ1n) is 9.28. The first kappa shape index (κ1) is 18.9. The third-order valence-electron chi connectivity index (χ3n) is 4.55. The maximum absolute atomic E-state index is 12.0. The van der Waals surface area contributed by atoms with Crippen LogP contribution in [0, 0.1) is 5.92 Å². The number of piperazine rings is 1. The van der Waals surface area contributed by atoms with Crippen molar-refractivity contribution >= 4 is 23.1 Å². The highest BCUT2D eigenvalue weighted by Gasteiger charge is 2.22. The van der Waals surface area contributed by atoms with Crippen molar-refractivity contribution in [1.82, 2.24) is 9.88 Å². The number of pyridine rings is 1. The fraction of sp³-hybridized carbons (Fsp3) is 0.500. The highest BCUT2D eigenvalue weighted by Crippen LogP contribution is 2.27. The molecule has 0 aliphatic carbocycles. The molecule has 3 heterocycles. The lowest BCUT2D eigenvalue weighted by molar-refractivity contribution is -0.137. The predicted molar refractivity (Wildman–Crippen MR) is 106 cm³/mol. The van der Waals surface area contributed by atoms with Crippen molar-refractivity contribution < 1.29 is 9.53 Å². The Balaban J connectivity index is 1.60. The molecular formula is C20H27N3O2S. The normalized spacial score (nSPS) is 15.5. The second-order valence-corrected chi connectivity index (χ2v) is 8.14. The average molecular weight is 374 g/mol. The van der Waals surface area contributed by atoms with Crippen molar-refractivity contribution in [2.24, 2.45) is 5.92 Å². The minimum atomic E-state index is -0.220. The van der Waals surface area contributed by atoms with E-state index in [4.69, 9.17) is 4.74 Å². The molecule has 2 aromatic heterocycles. The van der Waals surface area contributed by atoms with Crippen LogP contribution in [0.3, 0.4) is 0 Å². The van der Waals surface area contributed by atoms with Crippen molar-refractivity contribution in [2.75, 3.05) is 31.1 Å². The summed E-state index contributed by atoms with van der Waals surface area (Å²) in [5.74, 6) is 0.956. The summed E-state index contributed by atoms with van der Waals surface area (Å²) < 4.78 is 5.54. The zero-order valence-electron chi connectivity index (χ0n) is 15.8. The number of nitrogens with zero attached hydrogens (tertiary/aromatic N) is 3. The van der Waals surface area contributed by atoms with Gasteiger partial charge < -0.3 is 9.64 Å². The summed E-state index contributed by atoms with van der Waals surface area (Å²) in [4.78, 5) is 24.0. The third kappa shape index (κ3) is 4.62. The van der Waals surface area contributed by atoms with E-state index in [2.05, 4.69) is 33.8 Å². The van der Waals surface area contributed by atoms with Gasteiger partial charge in [-0.2, -0.15) is 0 Å². The molecule has 5 nitrogen and oxygen atoms in total. The van der Waals surface area contributed by atoms with Crippen molar-refractivity contribution in [3.63, 3.8) is 0 Å². The van der Waals surface area contributed by atoms with Gasteiger partial charge in [0.25, 0.3) is 0 Å². The zero-order chi connectivity index (χ0) is 18.5. The van der Waals surface area contributed by atoms with Crippen LogP contribution >= 0.6 is 11.3 Å². The predicted octanol–water partition coefficient (Wildman–Crippen LogP) is 3.59. The van der Waals surface area contributed by atoms with Gasteiger partial charge in [0.15, 0.2) is 11.6 Å². The Morgan fingerprint density at radius 1 is 1.19 bits per heavy atom. The Bertz CT molecular complexity index is 736. The number of aryl methyl sites for hydroxylation is 1. The summed E-state index contributed by atoms with van der Waals surface area (Å²) in [5, 5.41) is 0. The van der Waals surface area contributed by atoms with Crippen LogP contribution in [-0.2, 0) is 17.8 Å². The lowest BCUT2D eigenvalue weighted by atomic mass is 10.2. The van der Waals surface area contributed by atoms with E-state index in [0.29, 0.717) is 5.75 Å². The summed E-state index contributed by atoms with van der Waals surface area (Å²) in [7, 11) is 0. The molecule has 0 bridgehead atoms. The van der Waals surface area contributed by atoms with Gasteiger partial charge in [0.2, 0.25) is 0 Å². The van der Waals surface area contributed by atoms with E-state index < -0.39 is 0 Å². The van der Waals surface area contributed by atoms with Gasteiger partial charge in [-0.15, -0.1) is 11.3 Å². The number of hydrogen-bond donors (Lipinski definition) is 0. The number of thiophene rings is 1. The Kier molecular flexibility index (Phi) is 6.27. The van der Waals surface area contributed by atoms with Crippen LogP contribution in [0.15, 0.2) is 30.5 Å². The standard InChI is InChI=1S/C20H27N3O2S/c1-4-16-7-8-17(26-16)14-22-10-12-23(13-11-22)19-18(6-5-9-21-19)25-20(24)15(2)3/h5-9,15H,4,10-14H2,1-3H3. The maximum Gasteiger partial charge on any atom is 0.313 e. The number of carbonyl (C=O) groups excluding carboxylic acids is 1. The highest BCUT2D eigenvalue weighted by molar-refractivity contribution is 7.11. The van der Waals surface area contributed by atoms with Gasteiger partial charge in [0, 0.05) is 48.7 Å². The molecule has 2 aromatic rings. The Morgan fingerprint density at radius 2 is 1.92 bits per heavy atom. The van der Waals surface area contributed by atoms with Crippen LogP contribution in [0.1, 0.15) is 30.5 Å². The molecule has 0 saturated carbocycles. The van der Waals surface area contributed by atoms with Gasteiger partial charge in [0.1, 0.15) is 0 Å². The molecule has 3 rings (SSSR count). The quantitative estimate of drug-likeness (QED) is 0.724. The zero-order valence-corrected chi connectivity index (χ0v) is 16.6. The molecule has 0 radical (unpaired) electrons. The molecule has 0 unspecified atom stereocenters. The fourth-order valence-electron chi connectivity index (χ4n) is 2.96. The molecular weight excluding hydrogens is 346 g/mol. The third-order valence-corrected chi connectivity index (χ3v) is 5.76. The summed E-state index contributed by atoms with van der Waals surface area (Å²) in [6.07, 6.45) is 2.86. The lowest BCUT2D eigenvalue weighted by Gasteiger charge is -2.35. The number of hydrogen-bond acceptors (Lipinski definition) is 6. The number of carbonyl (C=O) groups is 1. The molecule has 1 aliphatic heterocycles. The molecule has 0 spiro atoms. The minimum Gasteiger partial charge on any atom is -0.422 e. The van der Waals surface area contributed by atoms with E-state index >= 15 is 0 Å². The van der Waals surface area contributed by atoms with E-state index in [-0.39, 0.29) is 11.9 Å². The molecule has 26 heavy (non-hydrogen) atoms. The molecule has 1 saturated heterocycles. The SMILES string of the molecule is CCc1ccc(CN2CCN(c3ncccc3OC(=O)C(C)C)CC2)s1. The van der Waals surface area contributed by atoms with Crippen LogP contribution in [0.5, 0.6) is 5.75 Å². The summed E-state index contributed by atoms with van der Waals surface area (Å²) >= 11 is 1.91. The first-order chi connectivity index (χ1) is 12.6. The molecule has 1 fully saturated rings. The van der Waals surface area contributed by atoms with E-state index in [1.54, 1.807) is 6.20 Å². The maximum atomic E-state index is 12.0. The van der Waals surface area contributed by atoms with Gasteiger partial charge >= 0.3 is 5.97 Å². The van der Waals surface area contributed by atoms with Crippen molar-refractivity contribution in [2.45, 2.75) is 33.7 Å². The van der Waals surface area contributed by atoms with E-state index in [0.717, 1.165) is 45.0 Å². The molecule has 6 heteroatoms. The van der Waals surface area contributed by atoms with Crippen molar-refractivity contribution in [1.29, 1.82) is 0 Å². The van der Waals surface area contributed by atoms with Crippen LogP contribution in [0.4, 0.5) is 5.82 Å². The minimum absolute atomic E-state index is 0.154. The van der Waals surface area contributed by atoms with E-state index in [1.807, 2.05) is 37.3 Å². The number of aromatic nitrogens is 1. The second kappa shape index (κ2) is 8.64. The van der Waals surface area contributed by atoms with Gasteiger partial charge in [-0.05, 0) is 30.7 Å². The number of rotatable bonds is 6. The van der Waals surface area contributed by atoms with Crippen LogP contribution < -0.4 is 9.64 Å². The average Bonchev–Trinajstić information content (AvgIpc) is 3.10. The number of esters is 1. The summed E-state index contributed by atoms with van der Waals surface area (Å²) in [6.45, 7) is 10.6. The van der Waals surface area contributed by atoms with E-state index in [1.165, 1.54) is 9.75 Å². The van der Waals surface area contributed by atoms with Crippen LogP contribution in [-0.4, -0.2) is 42.0 Å². The van der Waals surface area contributed by atoms with Gasteiger partial charge in [-0.25, -0.2) is 4.98 Å². The van der Waals surface area contributed by atoms with Gasteiger partial charge in [0.05, 0.1) is 5.92 Å². The molecule has 0 atom stereocenters. The monoisotopic (exact) mass is 373 g/mol. The molecule has 0 aromatic carbocycles. The Morgan fingerprint density at radius 3 is 2.58 bits per heavy atom. The van der Waals surface area contributed by atoms with Crippen LogP contribution in [0.2, 0.25) is 0 Å². The first-order valence-corrected chi connectivity index (χ1v) is 10.1. The largest absolute Gasteiger partial charge is 0.422 e. The molecule has 0 amide bonds. The topological polar surface area (TPSA) is 45.7 Å². The molecule has 140 valence electrons. The van der Waals surface area contributed by atoms with Crippen molar-refractivity contribution in [3.8, 4) is 5.75 Å².